The van der Waals surface area contributed by atoms with E-state index in [1.807, 2.05) is 25.7 Å². The van der Waals surface area contributed by atoms with E-state index in [0.717, 1.165) is 25.1 Å². The van der Waals surface area contributed by atoms with Gasteiger partial charge in [0.2, 0.25) is 0 Å². The fraction of sp³-hybridized carbons (Fsp3) is 0.611. The number of aromatic nitrogens is 1. The smallest absolute Gasteiger partial charge is 0.410 e. The molecule has 6 nitrogen and oxygen atoms in total. The minimum atomic E-state index is -0.612. The third kappa shape index (κ3) is 4.09. The molecule has 2 aliphatic rings. The predicted octanol–water partition coefficient (Wildman–Crippen LogP) is 3.53. The van der Waals surface area contributed by atoms with E-state index in [1.165, 1.54) is 0 Å². The molecule has 2 fully saturated rings. The number of nitrogens with zero attached hydrogens (tertiary/aromatic N) is 2. The number of piperidine rings is 1. The molecule has 1 aromatic rings. The second-order valence-corrected chi connectivity index (χ2v) is 8.26. The minimum absolute atomic E-state index is 0.0218. The van der Waals surface area contributed by atoms with E-state index in [-0.39, 0.29) is 34.9 Å². The van der Waals surface area contributed by atoms with Crippen LogP contribution in [-0.2, 0) is 4.74 Å². The molecule has 0 aliphatic carbocycles. The molecule has 0 spiro atoms. The summed E-state index contributed by atoms with van der Waals surface area (Å²) < 4.78 is 18.8. The van der Waals surface area contributed by atoms with Gasteiger partial charge >= 0.3 is 6.09 Å². The number of nitrogens with one attached hydrogen (secondary N) is 1. The van der Waals surface area contributed by atoms with Crippen molar-refractivity contribution >= 4 is 23.6 Å². The molecule has 2 atom stereocenters. The highest BCUT2D eigenvalue weighted by Crippen LogP contribution is 2.37. The second-order valence-electron chi connectivity index (χ2n) is 7.91. The number of fused-ring (bicyclic) bond motifs is 2. The summed E-state index contributed by atoms with van der Waals surface area (Å²) in [6.45, 7) is 5.53. The van der Waals surface area contributed by atoms with Crippen molar-refractivity contribution in [3.8, 4) is 0 Å². The van der Waals surface area contributed by atoms with Crippen molar-refractivity contribution in [3.63, 3.8) is 0 Å². The molecule has 3 rings (SSSR count). The number of ether oxygens (including phenoxy) is 1. The van der Waals surface area contributed by atoms with Gasteiger partial charge in [0.1, 0.15) is 16.6 Å². The van der Waals surface area contributed by atoms with Crippen LogP contribution in [0, 0.1) is 5.82 Å². The zero-order valence-electron chi connectivity index (χ0n) is 15.1. The summed E-state index contributed by atoms with van der Waals surface area (Å²) in [5.74, 6) is -1.06. The zero-order chi connectivity index (χ0) is 19.1. The maximum Gasteiger partial charge on any atom is 0.410 e. The number of carbonyl (C=O) groups excluding carboxylic acids is 2. The van der Waals surface area contributed by atoms with E-state index >= 15 is 0 Å². The first-order valence-corrected chi connectivity index (χ1v) is 9.15. The molecular weight excluding hydrogens is 361 g/mol. The number of rotatable bonds is 2. The third-order valence-electron chi connectivity index (χ3n) is 4.72. The van der Waals surface area contributed by atoms with Gasteiger partial charge in [0, 0.05) is 18.1 Å². The maximum atomic E-state index is 13.3. The maximum absolute atomic E-state index is 13.3. The Morgan fingerprint density at radius 2 is 1.92 bits per heavy atom. The minimum Gasteiger partial charge on any atom is -0.444 e. The molecule has 2 bridgehead atoms. The number of hydrogen-bond donors (Lipinski definition) is 1. The van der Waals surface area contributed by atoms with E-state index < -0.39 is 17.3 Å². The SMILES string of the molecule is CC(C)(C)OC(=O)N1C2CCC1CC(NC(=O)c1cc(F)cnc1Cl)C2. The normalized spacial score (nSPS) is 25.1. The largest absolute Gasteiger partial charge is 0.444 e. The highest BCUT2D eigenvalue weighted by atomic mass is 35.5. The molecule has 2 amide bonds. The molecule has 1 N–H and O–H groups in total. The Kier molecular flexibility index (Phi) is 5.10. The lowest BCUT2D eigenvalue weighted by Crippen LogP contribution is -2.53. The molecule has 1 aromatic heterocycles. The Morgan fingerprint density at radius 1 is 1.31 bits per heavy atom. The Labute approximate surface area is 157 Å². The second kappa shape index (κ2) is 7.02. The molecule has 3 heterocycles. The van der Waals surface area contributed by atoms with E-state index in [2.05, 4.69) is 10.3 Å². The summed E-state index contributed by atoms with van der Waals surface area (Å²) in [7, 11) is 0. The molecule has 8 heteroatoms. The molecular formula is C18H23ClFN3O3. The van der Waals surface area contributed by atoms with Gasteiger partial charge < -0.3 is 15.0 Å². The number of halogens is 2. The summed E-state index contributed by atoms with van der Waals surface area (Å²) >= 11 is 5.90. The fourth-order valence-corrected chi connectivity index (χ4v) is 3.94. The highest BCUT2D eigenvalue weighted by molar-refractivity contribution is 6.32. The van der Waals surface area contributed by atoms with Gasteiger partial charge in [0.15, 0.2) is 0 Å². The van der Waals surface area contributed by atoms with Crippen LogP contribution in [0.4, 0.5) is 9.18 Å². The number of pyridine rings is 1. The van der Waals surface area contributed by atoms with Crippen molar-refractivity contribution in [2.45, 2.75) is 70.2 Å². The lowest BCUT2D eigenvalue weighted by molar-refractivity contribution is 0.00500. The van der Waals surface area contributed by atoms with Gasteiger partial charge in [0.25, 0.3) is 5.91 Å². The summed E-state index contributed by atoms with van der Waals surface area (Å²) in [4.78, 5) is 30.3. The van der Waals surface area contributed by atoms with Gasteiger partial charge in [-0.2, -0.15) is 0 Å². The molecule has 0 saturated carbocycles. The van der Waals surface area contributed by atoms with Crippen LogP contribution in [0.2, 0.25) is 5.15 Å². The molecule has 26 heavy (non-hydrogen) atoms. The van der Waals surface area contributed by atoms with Crippen LogP contribution >= 0.6 is 11.6 Å². The van der Waals surface area contributed by atoms with Gasteiger partial charge in [-0.05, 0) is 52.5 Å². The number of hydrogen-bond acceptors (Lipinski definition) is 4. The van der Waals surface area contributed by atoms with E-state index in [9.17, 15) is 14.0 Å². The monoisotopic (exact) mass is 383 g/mol. The van der Waals surface area contributed by atoms with Gasteiger partial charge in [-0.1, -0.05) is 11.6 Å². The Balaban J connectivity index is 1.65. The van der Waals surface area contributed by atoms with Crippen LogP contribution in [0.25, 0.3) is 0 Å². The Morgan fingerprint density at radius 3 is 2.50 bits per heavy atom. The standard InChI is InChI=1S/C18H23ClFN3O3/c1-18(2,3)26-17(25)23-12-4-5-13(23)8-11(7-12)22-16(24)14-6-10(20)9-21-15(14)19/h6,9,11-13H,4-5,7-8H2,1-3H3,(H,22,24). The number of amides is 2. The van der Waals surface area contributed by atoms with Crippen molar-refractivity contribution in [3.05, 3.63) is 28.8 Å². The van der Waals surface area contributed by atoms with E-state index in [1.54, 1.807) is 0 Å². The first-order valence-electron chi connectivity index (χ1n) is 8.77. The molecule has 142 valence electrons. The average molecular weight is 384 g/mol. The van der Waals surface area contributed by atoms with Crippen LogP contribution in [0.15, 0.2) is 12.3 Å². The fourth-order valence-electron chi connectivity index (χ4n) is 3.75. The van der Waals surface area contributed by atoms with Crippen LogP contribution in [0.3, 0.4) is 0 Å². The number of carbonyl (C=O) groups is 2. The van der Waals surface area contributed by atoms with Crippen LogP contribution in [0.5, 0.6) is 0 Å². The summed E-state index contributed by atoms with van der Waals surface area (Å²) in [6.07, 6.45) is 3.73. The lowest BCUT2D eigenvalue weighted by Gasteiger charge is -2.39. The van der Waals surface area contributed by atoms with Crippen molar-refractivity contribution in [2.24, 2.45) is 0 Å². The van der Waals surface area contributed by atoms with E-state index in [4.69, 9.17) is 16.3 Å². The van der Waals surface area contributed by atoms with Crippen molar-refractivity contribution < 1.29 is 18.7 Å². The summed E-state index contributed by atoms with van der Waals surface area (Å²) in [5, 5.41) is 2.87. The van der Waals surface area contributed by atoms with Gasteiger partial charge in [-0.15, -0.1) is 0 Å². The lowest BCUT2D eigenvalue weighted by atomic mass is 9.97. The first kappa shape index (κ1) is 18.9. The summed E-state index contributed by atoms with van der Waals surface area (Å²) in [5.41, 5.74) is -0.517. The molecule has 2 unspecified atom stereocenters. The first-order chi connectivity index (χ1) is 12.1. The van der Waals surface area contributed by atoms with Crippen LogP contribution in [0.1, 0.15) is 56.8 Å². The van der Waals surface area contributed by atoms with Crippen molar-refractivity contribution in [2.75, 3.05) is 0 Å². The van der Waals surface area contributed by atoms with E-state index in [0.29, 0.717) is 12.8 Å². The zero-order valence-corrected chi connectivity index (χ0v) is 15.8. The third-order valence-corrected chi connectivity index (χ3v) is 5.02. The molecule has 0 radical (unpaired) electrons. The van der Waals surface area contributed by atoms with Gasteiger partial charge in [-0.25, -0.2) is 14.2 Å². The van der Waals surface area contributed by atoms with Crippen molar-refractivity contribution in [1.82, 2.24) is 15.2 Å². The summed E-state index contributed by atoms with van der Waals surface area (Å²) in [6, 6.07) is 1.05. The topological polar surface area (TPSA) is 71.5 Å². The Hall–Kier alpha value is -1.89. The molecule has 2 saturated heterocycles. The highest BCUT2D eigenvalue weighted by Gasteiger charge is 2.45. The average Bonchev–Trinajstić information content (AvgIpc) is 2.79. The van der Waals surface area contributed by atoms with Gasteiger partial charge in [-0.3, -0.25) is 4.79 Å². The van der Waals surface area contributed by atoms with Crippen molar-refractivity contribution in [1.29, 1.82) is 0 Å². The van der Waals surface area contributed by atoms with Crippen LogP contribution < -0.4 is 5.32 Å². The molecule has 2 aliphatic heterocycles. The Bertz CT molecular complexity index is 708. The quantitative estimate of drug-likeness (QED) is 0.793. The predicted molar refractivity (Wildman–Crippen MR) is 94.6 cm³/mol. The van der Waals surface area contributed by atoms with Crippen LogP contribution in [-0.4, -0.2) is 45.6 Å². The molecule has 0 aromatic carbocycles. The van der Waals surface area contributed by atoms with Gasteiger partial charge in [0.05, 0.1) is 11.8 Å².